The number of esters is 1. The third-order valence-corrected chi connectivity index (χ3v) is 3.00. The molecule has 0 aromatic carbocycles. The summed E-state index contributed by atoms with van der Waals surface area (Å²) < 4.78 is 15.1. The highest BCUT2D eigenvalue weighted by atomic mass is 16.7. The van der Waals surface area contributed by atoms with Crippen LogP contribution in [-0.4, -0.2) is 76.4 Å². The van der Waals surface area contributed by atoms with Crippen molar-refractivity contribution in [1.29, 1.82) is 0 Å². The van der Waals surface area contributed by atoms with E-state index < -0.39 is 49.4 Å². The predicted molar refractivity (Wildman–Crippen MR) is 54.2 cm³/mol. The molecule has 4 N–H and O–H groups in total. The lowest BCUT2D eigenvalue weighted by molar-refractivity contribution is -0.310. The quantitative estimate of drug-likeness (QED) is 0.400. The minimum absolute atomic E-state index is 0.0367. The van der Waals surface area contributed by atoms with Crippen LogP contribution >= 0.6 is 0 Å². The van der Waals surface area contributed by atoms with E-state index in [0.29, 0.717) is 0 Å². The SMILES string of the molecule is O=C1CC(OC2OC(CO)C(O)C(O)C2O)CO1. The fourth-order valence-corrected chi connectivity index (χ4v) is 1.95. The Hall–Kier alpha value is -0.770. The van der Waals surface area contributed by atoms with E-state index in [0.717, 1.165) is 0 Å². The molecule has 2 heterocycles. The van der Waals surface area contributed by atoms with E-state index in [1.807, 2.05) is 0 Å². The second-order valence-corrected chi connectivity index (χ2v) is 4.34. The summed E-state index contributed by atoms with van der Waals surface area (Å²) in [6.45, 7) is -0.473. The van der Waals surface area contributed by atoms with Crippen molar-refractivity contribution < 1.29 is 39.4 Å². The second-order valence-electron chi connectivity index (χ2n) is 4.34. The molecule has 0 amide bonds. The van der Waals surface area contributed by atoms with E-state index in [1.54, 1.807) is 0 Å². The molecule has 0 bridgehead atoms. The van der Waals surface area contributed by atoms with Crippen LogP contribution in [0.2, 0.25) is 0 Å². The van der Waals surface area contributed by atoms with Gasteiger partial charge in [0.15, 0.2) is 6.29 Å². The normalized spacial score (nSPS) is 45.0. The molecule has 2 aliphatic heterocycles. The summed E-state index contributed by atoms with van der Waals surface area (Å²) in [6.07, 6.45) is -7.15. The number of carbonyl (C=O) groups excluding carboxylic acids is 1. The standard InChI is InChI=1S/C10H16O8/c11-2-5-7(13)8(14)9(15)10(18-5)17-4-1-6(12)16-3-4/h4-5,7-11,13-15H,1-3H2. The van der Waals surface area contributed by atoms with Gasteiger partial charge >= 0.3 is 5.97 Å². The monoisotopic (exact) mass is 264 g/mol. The number of carbonyl (C=O) groups is 1. The van der Waals surface area contributed by atoms with Crippen molar-refractivity contribution in [3.8, 4) is 0 Å². The van der Waals surface area contributed by atoms with Gasteiger partial charge in [-0.25, -0.2) is 0 Å². The zero-order chi connectivity index (χ0) is 13.3. The van der Waals surface area contributed by atoms with E-state index in [1.165, 1.54) is 0 Å². The first-order chi connectivity index (χ1) is 8.52. The lowest BCUT2D eigenvalue weighted by Crippen LogP contribution is -2.59. The van der Waals surface area contributed by atoms with Gasteiger partial charge in [-0.2, -0.15) is 0 Å². The first-order valence-corrected chi connectivity index (χ1v) is 5.64. The molecular formula is C10H16O8. The Balaban J connectivity index is 1.96. The molecule has 2 aliphatic rings. The van der Waals surface area contributed by atoms with E-state index in [4.69, 9.17) is 14.6 Å². The summed E-state index contributed by atoms with van der Waals surface area (Å²) in [7, 11) is 0. The van der Waals surface area contributed by atoms with Crippen molar-refractivity contribution in [3.63, 3.8) is 0 Å². The summed E-state index contributed by atoms with van der Waals surface area (Å²) >= 11 is 0. The molecule has 2 fully saturated rings. The van der Waals surface area contributed by atoms with Gasteiger partial charge in [0.05, 0.1) is 13.0 Å². The largest absolute Gasteiger partial charge is 0.463 e. The first kappa shape index (κ1) is 13.7. The highest BCUT2D eigenvalue weighted by Gasteiger charge is 2.45. The zero-order valence-electron chi connectivity index (χ0n) is 9.51. The molecule has 104 valence electrons. The van der Waals surface area contributed by atoms with Crippen LogP contribution < -0.4 is 0 Å². The number of hydrogen-bond donors (Lipinski definition) is 4. The number of cyclic esters (lactones) is 1. The number of ether oxygens (including phenoxy) is 3. The highest BCUT2D eigenvalue weighted by molar-refractivity contribution is 5.71. The van der Waals surface area contributed by atoms with Crippen molar-refractivity contribution in [3.05, 3.63) is 0 Å². The summed E-state index contributed by atoms with van der Waals surface area (Å²) in [5.41, 5.74) is 0. The van der Waals surface area contributed by atoms with Crippen molar-refractivity contribution >= 4 is 5.97 Å². The average Bonchev–Trinajstić information content (AvgIpc) is 2.75. The van der Waals surface area contributed by atoms with Crippen LogP contribution in [0.3, 0.4) is 0 Å². The Morgan fingerprint density at radius 3 is 2.50 bits per heavy atom. The molecule has 0 saturated carbocycles. The maximum Gasteiger partial charge on any atom is 0.308 e. The number of hydrogen-bond acceptors (Lipinski definition) is 8. The summed E-state index contributed by atoms with van der Waals surface area (Å²) in [5.74, 6) is -0.412. The topological polar surface area (TPSA) is 126 Å². The first-order valence-electron chi connectivity index (χ1n) is 5.64. The van der Waals surface area contributed by atoms with Gasteiger partial charge in [0, 0.05) is 0 Å². The van der Waals surface area contributed by atoms with Gasteiger partial charge in [0.25, 0.3) is 0 Å². The van der Waals surface area contributed by atoms with Gasteiger partial charge in [0.2, 0.25) is 0 Å². The van der Waals surface area contributed by atoms with Gasteiger partial charge in [0.1, 0.15) is 37.1 Å². The highest BCUT2D eigenvalue weighted by Crippen LogP contribution is 2.24. The van der Waals surface area contributed by atoms with Crippen molar-refractivity contribution in [2.24, 2.45) is 0 Å². The van der Waals surface area contributed by atoms with Gasteiger partial charge in [-0.15, -0.1) is 0 Å². The molecular weight excluding hydrogens is 248 g/mol. The number of aliphatic hydroxyl groups excluding tert-OH is 4. The predicted octanol–water partition coefficient (Wildman–Crippen LogP) is -2.88. The molecule has 0 aliphatic carbocycles. The van der Waals surface area contributed by atoms with Crippen LogP contribution in [0.25, 0.3) is 0 Å². The Morgan fingerprint density at radius 2 is 1.94 bits per heavy atom. The lowest BCUT2D eigenvalue weighted by atomic mass is 9.99. The molecule has 2 rings (SSSR count). The summed E-state index contributed by atoms with van der Waals surface area (Å²) in [4.78, 5) is 10.9. The summed E-state index contributed by atoms with van der Waals surface area (Å²) in [5, 5.41) is 37.7. The summed E-state index contributed by atoms with van der Waals surface area (Å²) in [6, 6.07) is 0. The minimum atomic E-state index is -1.49. The van der Waals surface area contributed by atoms with E-state index in [-0.39, 0.29) is 13.0 Å². The lowest BCUT2D eigenvalue weighted by Gasteiger charge is -2.40. The average molecular weight is 264 g/mol. The van der Waals surface area contributed by atoms with E-state index in [9.17, 15) is 20.1 Å². The smallest absolute Gasteiger partial charge is 0.308 e. The molecule has 6 atom stereocenters. The van der Waals surface area contributed by atoms with E-state index >= 15 is 0 Å². The van der Waals surface area contributed by atoms with Gasteiger partial charge in [-0.3, -0.25) is 4.79 Å². The number of aliphatic hydroxyl groups is 4. The molecule has 8 nitrogen and oxygen atoms in total. The van der Waals surface area contributed by atoms with Gasteiger partial charge in [-0.05, 0) is 0 Å². The van der Waals surface area contributed by atoms with Crippen LogP contribution in [0.5, 0.6) is 0 Å². The maximum absolute atomic E-state index is 10.9. The molecule has 0 aromatic rings. The molecule has 2 saturated heterocycles. The maximum atomic E-state index is 10.9. The molecule has 18 heavy (non-hydrogen) atoms. The van der Waals surface area contributed by atoms with Crippen LogP contribution in [0.15, 0.2) is 0 Å². The number of rotatable bonds is 3. The van der Waals surface area contributed by atoms with Crippen LogP contribution in [0.1, 0.15) is 6.42 Å². The van der Waals surface area contributed by atoms with Gasteiger partial charge in [-0.1, -0.05) is 0 Å². The van der Waals surface area contributed by atoms with Crippen molar-refractivity contribution in [1.82, 2.24) is 0 Å². The molecule has 6 unspecified atom stereocenters. The Bertz CT molecular complexity index is 306. The van der Waals surface area contributed by atoms with Crippen molar-refractivity contribution in [2.75, 3.05) is 13.2 Å². The Morgan fingerprint density at radius 1 is 1.22 bits per heavy atom. The van der Waals surface area contributed by atoms with E-state index in [2.05, 4.69) is 4.74 Å². The fraction of sp³-hybridized carbons (Fsp3) is 0.900. The van der Waals surface area contributed by atoms with Crippen molar-refractivity contribution in [2.45, 2.75) is 43.2 Å². The van der Waals surface area contributed by atoms with Gasteiger partial charge < -0.3 is 34.6 Å². The molecule has 0 radical (unpaired) electrons. The van der Waals surface area contributed by atoms with Crippen LogP contribution in [0.4, 0.5) is 0 Å². The molecule has 0 aromatic heterocycles. The zero-order valence-corrected chi connectivity index (χ0v) is 9.51. The Kier molecular flexibility index (Phi) is 4.15. The third kappa shape index (κ3) is 2.63. The minimum Gasteiger partial charge on any atom is -0.463 e. The molecule has 0 spiro atoms. The van der Waals surface area contributed by atoms with Crippen LogP contribution in [-0.2, 0) is 19.0 Å². The fourth-order valence-electron chi connectivity index (χ4n) is 1.95. The van der Waals surface area contributed by atoms with Crippen LogP contribution in [0, 0.1) is 0 Å². The molecule has 8 heteroatoms. The Labute approximate surface area is 103 Å². The third-order valence-electron chi connectivity index (χ3n) is 3.00. The second kappa shape index (κ2) is 5.47.